The summed E-state index contributed by atoms with van der Waals surface area (Å²) in [5, 5.41) is 0. The van der Waals surface area contributed by atoms with Gasteiger partial charge in [0.15, 0.2) is 11.2 Å². The standard InChI is InChI=1S/C30H31N5O2/c1-21-14-15-22(2)25(16-21)19-35-26(31-28-27(35)29(36)32-30(37)33(28)3)20-34(17-23-10-6-4-7-11-23)18-24-12-8-5-9-13-24/h4-16H,17-20H2,1-3H3,(H,32,36,37). The number of benzene rings is 3. The lowest BCUT2D eigenvalue weighted by molar-refractivity contribution is 0.238. The third kappa shape index (κ3) is 5.32. The Hall–Kier alpha value is -4.23. The van der Waals surface area contributed by atoms with E-state index >= 15 is 0 Å². The molecule has 5 aromatic rings. The van der Waals surface area contributed by atoms with Crippen LogP contribution >= 0.6 is 0 Å². The van der Waals surface area contributed by atoms with Gasteiger partial charge in [0, 0.05) is 26.7 Å². The first-order chi connectivity index (χ1) is 17.9. The van der Waals surface area contributed by atoms with Crippen LogP contribution in [0.3, 0.4) is 0 Å². The molecule has 0 saturated heterocycles. The van der Waals surface area contributed by atoms with Gasteiger partial charge in [-0.25, -0.2) is 9.78 Å². The normalized spacial score (nSPS) is 11.5. The first-order valence-electron chi connectivity index (χ1n) is 12.4. The van der Waals surface area contributed by atoms with Crippen molar-refractivity contribution in [2.75, 3.05) is 0 Å². The molecule has 0 saturated carbocycles. The number of hydrogen-bond donors (Lipinski definition) is 1. The van der Waals surface area contributed by atoms with E-state index in [-0.39, 0.29) is 0 Å². The zero-order valence-corrected chi connectivity index (χ0v) is 21.4. The molecular formula is C30H31N5O2. The number of H-pyrrole nitrogens is 1. The summed E-state index contributed by atoms with van der Waals surface area (Å²) >= 11 is 0. The van der Waals surface area contributed by atoms with Gasteiger partial charge in [0.25, 0.3) is 5.56 Å². The monoisotopic (exact) mass is 493 g/mol. The van der Waals surface area contributed by atoms with E-state index in [0.29, 0.717) is 24.3 Å². The maximum absolute atomic E-state index is 13.1. The summed E-state index contributed by atoms with van der Waals surface area (Å²) in [4.78, 5) is 35.1. The molecular weight excluding hydrogens is 462 g/mol. The summed E-state index contributed by atoms with van der Waals surface area (Å²) in [5.41, 5.74) is 5.73. The van der Waals surface area contributed by atoms with Crippen molar-refractivity contribution in [3.63, 3.8) is 0 Å². The highest BCUT2D eigenvalue weighted by Gasteiger charge is 2.20. The number of aryl methyl sites for hydroxylation is 3. The maximum Gasteiger partial charge on any atom is 0.329 e. The first-order valence-corrected chi connectivity index (χ1v) is 12.4. The molecule has 2 heterocycles. The molecule has 188 valence electrons. The average molecular weight is 494 g/mol. The van der Waals surface area contributed by atoms with E-state index in [9.17, 15) is 9.59 Å². The second kappa shape index (κ2) is 10.4. The van der Waals surface area contributed by atoms with Gasteiger partial charge in [-0.3, -0.25) is 19.2 Å². The van der Waals surface area contributed by atoms with Crippen molar-refractivity contribution in [1.29, 1.82) is 0 Å². The van der Waals surface area contributed by atoms with Gasteiger partial charge in [-0.2, -0.15) is 0 Å². The Balaban J connectivity index is 1.61. The minimum Gasteiger partial charge on any atom is -0.317 e. The van der Waals surface area contributed by atoms with E-state index < -0.39 is 11.2 Å². The topological polar surface area (TPSA) is 75.9 Å². The molecule has 0 spiro atoms. The van der Waals surface area contributed by atoms with Crippen molar-refractivity contribution >= 4 is 11.2 Å². The molecule has 0 amide bonds. The van der Waals surface area contributed by atoms with Crippen LogP contribution in [0.5, 0.6) is 0 Å². The van der Waals surface area contributed by atoms with E-state index in [1.54, 1.807) is 7.05 Å². The second-order valence-electron chi connectivity index (χ2n) is 9.65. The van der Waals surface area contributed by atoms with Crippen LogP contribution in [0.4, 0.5) is 0 Å². The van der Waals surface area contributed by atoms with Crippen LogP contribution in [0, 0.1) is 13.8 Å². The largest absolute Gasteiger partial charge is 0.329 e. The van der Waals surface area contributed by atoms with Crippen LogP contribution in [0.15, 0.2) is 88.5 Å². The zero-order valence-electron chi connectivity index (χ0n) is 21.4. The molecule has 0 aliphatic rings. The number of nitrogens with one attached hydrogen (secondary N) is 1. The molecule has 0 unspecified atom stereocenters. The molecule has 0 aliphatic carbocycles. The Labute approximate surface area is 215 Å². The Morgan fingerprint density at radius 1 is 0.838 bits per heavy atom. The minimum absolute atomic E-state index is 0.397. The summed E-state index contributed by atoms with van der Waals surface area (Å²) < 4.78 is 3.39. The lowest BCUT2D eigenvalue weighted by atomic mass is 10.1. The number of rotatable bonds is 8. The molecule has 2 aromatic heterocycles. The molecule has 0 bridgehead atoms. The summed E-state index contributed by atoms with van der Waals surface area (Å²) in [6, 6.07) is 27.0. The fourth-order valence-electron chi connectivity index (χ4n) is 4.76. The lowest BCUT2D eigenvalue weighted by Crippen LogP contribution is -2.29. The Kier molecular flexibility index (Phi) is 6.88. The van der Waals surface area contributed by atoms with Gasteiger partial charge in [-0.1, -0.05) is 84.4 Å². The van der Waals surface area contributed by atoms with Gasteiger partial charge in [-0.15, -0.1) is 0 Å². The molecule has 3 aromatic carbocycles. The van der Waals surface area contributed by atoms with E-state index in [0.717, 1.165) is 35.6 Å². The van der Waals surface area contributed by atoms with Crippen LogP contribution in [-0.2, 0) is 33.2 Å². The van der Waals surface area contributed by atoms with Gasteiger partial charge in [0.05, 0.1) is 6.54 Å². The van der Waals surface area contributed by atoms with Gasteiger partial charge in [0.1, 0.15) is 5.82 Å². The van der Waals surface area contributed by atoms with E-state index in [1.807, 2.05) is 41.0 Å². The Morgan fingerprint density at radius 3 is 2.08 bits per heavy atom. The van der Waals surface area contributed by atoms with Crippen molar-refractivity contribution in [3.8, 4) is 0 Å². The van der Waals surface area contributed by atoms with Crippen molar-refractivity contribution < 1.29 is 0 Å². The summed E-state index contributed by atoms with van der Waals surface area (Å²) in [5.74, 6) is 0.745. The summed E-state index contributed by atoms with van der Waals surface area (Å²) in [6.45, 7) is 6.58. The predicted octanol–water partition coefficient (Wildman–Crippen LogP) is 4.29. The van der Waals surface area contributed by atoms with Gasteiger partial charge < -0.3 is 4.57 Å². The molecule has 0 radical (unpaired) electrons. The van der Waals surface area contributed by atoms with Crippen molar-refractivity contribution in [2.24, 2.45) is 7.05 Å². The SMILES string of the molecule is Cc1ccc(C)c(Cn2c(CN(Cc3ccccc3)Cc3ccccc3)nc3c2c(=O)[nH]c(=O)n3C)c1. The molecule has 7 nitrogen and oxygen atoms in total. The number of imidazole rings is 1. The summed E-state index contributed by atoms with van der Waals surface area (Å²) in [7, 11) is 1.64. The Bertz CT molecular complexity index is 1610. The number of hydrogen-bond acceptors (Lipinski definition) is 4. The second-order valence-corrected chi connectivity index (χ2v) is 9.65. The maximum atomic E-state index is 13.1. The summed E-state index contributed by atoms with van der Waals surface area (Å²) in [6.07, 6.45) is 0. The quantitative estimate of drug-likeness (QED) is 0.350. The molecule has 5 rings (SSSR count). The highest BCUT2D eigenvalue weighted by Crippen LogP contribution is 2.20. The number of fused-ring (bicyclic) bond motifs is 1. The molecule has 0 fully saturated rings. The van der Waals surface area contributed by atoms with Crippen LogP contribution in [0.1, 0.15) is 33.6 Å². The van der Waals surface area contributed by atoms with Crippen molar-refractivity contribution in [2.45, 2.75) is 40.0 Å². The molecule has 7 heteroatoms. The third-order valence-electron chi connectivity index (χ3n) is 6.78. The van der Waals surface area contributed by atoms with Gasteiger partial charge in [-0.05, 0) is 36.1 Å². The minimum atomic E-state index is -0.467. The number of nitrogens with zero attached hydrogens (tertiary/aromatic N) is 4. The Morgan fingerprint density at radius 2 is 1.46 bits per heavy atom. The third-order valence-corrected chi connectivity index (χ3v) is 6.78. The molecule has 0 atom stereocenters. The van der Waals surface area contributed by atoms with Crippen LogP contribution in [-0.4, -0.2) is 24.0 Å². The number of aromatic amines is 1. The van der Waals surface area contributed by atoms with E-state index in [1.165, 1.54) is 15.7 Å². The van der Waals surface area contributed by atoms with E-state index in [2.05, 4.69) is 66.2 Å². The predicted molar refractivity (Wildman–Crippen MR) is 146 cm³/mol. The van der Waals surface area contributed by atoms with Gasteiger partial charge >= 0.3 is 5.69 Å². The van der Waals surface area contributed by atoms with Crippen LogP contribution in [0.25, 0.3) is 11.2 Å². The number of aromatic nitrogens is 4. The van der Waals surface area contributed by atoms with E-state index in [4.69, 9.17) is 4.98 Å². The van der Waals surface area contributed by atoms with Gasteiger partial charge in [0.2, 0.25) is 0 Å². The molecule has 37 heavy (non-hydrogen) atoms. The van der Waals surface area contributed by atoms with Crippen LogP contribution in [0.2, 0.25) is 0 Å². The molecule has 1 N–H and O–H groups in total. The fourth-order valence-corrected chi connectivity index (χ4v) is 4.76. The van der Waals surface area contributed by atoms with Crippen molar-refractivity contribution in [3.05, 3.63) is 133 Å². The van der Waals surface area contributed by atoms with Crippen LogP contribution < -0.4 is 11.2 Å². The highest BCUT2D eigenvalue weighted by molar-refractivity contribution is 5.71. The highest BCUT2D eigenvalue weighted by atomic mass is 16.2. The van der Waals surface area contributed by atoms with Crippen molar-refractivity contribution in [1.82, 2.24) is 24.0 Å². The smallest absolute Gasteiger partial charge is 0.317 e. The fraction of sp³-hybridized carbons (Fsp3) is 0.233. The lowest BCUT2D eigenvalue weighted by Gasteiger charge is -2.23. The molecule has 0 aliphatic heterocycles. The first kappa shape index (κ1) is 24.5. The zero-order chi connectivity index (χ0) is 25.9. The average Bonchev–Trinajstić information content (AvgIpc) is 3.24.